The maximum Gasteiger partial charge on any atom is 0.287 e. The maximum absolute atomic E-state index is 12.2. The molecule has 1 aromatic rings. The van der Waals surface area contributed by atoms with Crippen LogP contribution in [0.5, 0.6) is 0 Å². The van der Waals surface area contributed by atoms with Crippen LogP contribution >= 0.6 is 0 Å². The van der Waals surface area contributed by atoms with E-state index in [2.05, 4.69) is 10.3 Å². The number of aromatic amines is 1. The summed E-state index contributed by atoms with van der Waals surface area (Å²) in [6, 6.07) is 0.314. The Morgan fingerprint density at radius 1 is 1.55 bits per heavy atom. The highest BCUT2D eigenvalue weighted by atomic mass is 16.6. The molecule has 3 amide bonds. The van der Waals surface area contributed by atoms with Crippen molar-refractivity contribution in [2.45, 2.75) is 19.4 Å². The van der Waals surface area contributed by atoms with Gasteiger partial charge >= 0.3 is 0 Å². The summed E-state index contributed by atoms with van der Waals surface area (Å²) in [6.45, 7) is 1.45. The number of aromatic nitrogens is 1. The summed E-state index contributed by atoms with van der Waals surface area (Å²) in [6.07, 6.45) is 1.42. The number of rotatable bonds is 3. The quantitative estimate of drug-likeness (QED) is 0.450. The van der Waals surface area contributed by atoms with Crippen molar-refractivity contribution in [3.05, 3.63) is 28.1 Å². The summed E-state index contributed by atoms with van der Waals surface area (Å²) >= 11 is 0. The molecule has 2 N–H and O–H groups in total. The molecular weight excluding hydrogens is 268 g/mol. The molecule has 1 unspecified atom stereocenters. The number of nitrogens with one attached hydrogen (secondary N) is 2. The molecule has 0 aliphatic carbocycles. The highest BCUT2D eigenvalue weighted by Crippen LogP contribution is 2.17. The van der Waals surface area contributed by atoms with Gasteiger partial charge < -0.3 is 9.88 Å². The van der Waals surface area contributed by atoms with Crippen molar-refractivity contribution in [1.82, 2.24) is 15.2 Å². The molecule has 9 heteroatoms. The number of hydrogen-bond acceptors (Lipinski definition) is 5. The first kappa shape index (κ1) is 13.7. The lowest BCUT2D eigenvalue weighted by molar-refractivity contribution is -0.384. The van der Waals surface area contributed by atoms with E-state index in [1.807, 2.05) is 0 Å². The molecule has 1 aliphatic heterocycles. The highest BCUT2D eigenvalue weighted by molar-refractivity contribution is 6.06. The number of hydrogen-bond donors (Lipinski definition) is 2. The van der Waals surface area contributed by atoms with Gasteiger partial charge in [0.05, 0.1) is 11.1 Å². The number of H-pyrrole nitrogens is 1. The van der Waals surface area contributed by atoms with E-state index < -0.39 is 28.7 Å². The zero-order chi connectivity index (χ0) is 14.9. The van der Waals surface area contributed by atoms with E-state index in [9.17, 15) is 24.5 Å². The lowest BCUT2D eigenvalue weighted by atomic mass is 10.1. The van der Waals surface area contributed by atoms with Crippen LogP contribution < -0.4 is 5.32 Å². The number of amides is 3. The van der Waals surface area contributed by atoms with E-state index in [-0.39, 0.29) is 17.9 Å². The molecule has 1 saturated heterocycles. The monoisotopic (exact) mass is 280 g/mol. The zero-order valence-corrected chi connectivity index (χ0v) is 10.6. The normalized spacial score (nSPS) is 18.9. The van der Waals surface area contributed by atoms with E-state index in [0.717, 1.165) is 17.2 Å². The van der Waals surface area contributed by atoms with Gasteiger partial charge in [-0.15, -0.1) is 0 Å². The Bertz CT molecular complexity index is 593. The van der Waals surface area contributed by atoms with Gasteiger partial charge in [-0.05, 0) is 6.42 Å². The summed E-state index contributed by atoms with van der Waals surface area (Å²) in [5.74, 6) is -1.74. The minimum absolute atomic E-state index is 0.0300. The van der Waals surface area contributed by atoms with Gasteiger partial charge in [-0.25, -0.2) is 0 Å². The smallest absolute Gasteiger partial charge is 0.287 e. The fourth-order valence-electron chi connectivity index (χ4n) is 2.05. The highest BCUT2D eigenvalue weighted by Gasteiger charge is 2.36. The van der Waals surface area contributed by atoms with Gasteiger partial charge in [0.25, 0.3) is 11.6 Å². The molecule has 0 saturated carbocycles. The minimum Gasteiger partial charge on any atom is -0.351 e. The SMILES string of the molecule is CCC1C(=O)NC(=O)CN1C(=O)c1cc([N+](=O)[O-])c[nH]1. The van der Waals surface area contributed by atoms with Crippen molar-refractivity contribution < 1.29 is 19.3 Å². The molecule has 0 bridgehead atoms. The van der Waals surface area contributed by atoms with Crippen LogP contribution in [0.3, 0.4) is 0 Å². The van der Waals surface area contributed by atoms with Gasteiger partial charge in [-0.1, -0.05) is 6.92 Å². The molecule has 1 atom stereocenters. The Hall–Kier alpha value is -2.71. The van der Waals surface area contributed by atoms with E-state index in [4.69, 9.17) is 0 Å². The fourth-order valence-corrected chi connectivity index (χ4v) is 2.05. The standard InChI is InChI=1S/C11H12N4O5/c1-2-8-10(17)13-9(16)5-14(8)11(18)7-3-6(4-12-7)15(19)20/h3-4,8,12H,2,5H2,1H3,(H,13,16,17). The Labute approximate surface area is 113 Å². The zero-order valence-electron chi connectivity index (χ0n) is 10.6. The number of nitro groups is 1. The van der Waals surface area contributed by atoms with Gasteiger partial charge in [-0.3, -0.25) is 29.8 Å². The Morgan fingerprint density at radius 2 is 2.25 bits per heavy atom. The third kappa shape index (κ3) is 2.37. The van der Waals surface area contributed by atoms with Gasteiger partial charge in [-0.2, -0.15) is 0 Å². The molecule has 1 aliphatic rings. The first-order chi connectivity index (χ1) is 9.43. The lowest BCUT2D eigenvalue weighted by Crippen LogP contribution is -2.59. The number of carbonyl (C=O) groups is 3. The number of carbonyl (C=O) groups excluding carboxylic acids is 3. The minimum atomic E-state index is -0.762. The van der Waals surface area contributed by atoms with Crippen LogP contribution in [0.2, 0.25) is 0 Å². The molecular formula is C11H12N4O5. The molecule has 20 heavy (non-hydrogen) atoms. The second-order valence-corrected chi connectivity index (χ2v) is 4.30. The maximum atomic E-state index is 12.2. The molecule has 0 spiro atoms. The van der Waals surface area contributed by atoms with Crippen molar-refractivity contribution in [3.63, 3.8) is 0 Å². The van der Waals surface area contributed by atoms with Crippen molar-refractivity contribution >= 4 is 23.4 Å². The first-order valence-corrected chi connectivity index (χ1v) is 5.91. The van der Waals surface area contributed by atoms with Gasteiger partial charge in [0.2, 0.25) is 11.8 Å². The summed E-state index contributed by atoms with van der Waals surface area (Å²) in [4.78, 5) is 48.8. The first-order valence-electron chi connectivity index (χ1n) is 5.91. The van der Waals surface area contributed by atoms with Crippen LogP contribution in [0.1, 0.15) is 23.8 Å². The second-order valence-electron chi connectivity index (χ2n) is 4.30. The van der Waals surface area contributed by atoms with E-state index in [1.165, 1.54) is 0 Å². The molecule has 1 aromatic heterocycles. The average molecular weight is 280 g/mol. The molecule has 2 heterocycles. The number of nitrogens with zero attached hydrogens (tertiary/aromatic N) is 2. The molecule has 9 nitrogen and oxygen atoms in total. The molecule has 1 fully saturated rings. The van der Waals surface area contributed by atoms with Crippen molar-refractivity contribution in [1.29, 1.82) is 0 Å². The second kappa shape index (κ2) is 5.11. The summed E-state index contributed by atoms with van der Waals surface area (Å²) in [7, 11) is 0. The topological polar surface area (TPSA) is 125 Å². The van der Waals surface area contributed by atoms with Gasteiger partial charge in [0, 0.05) is 6.07 Å². The fraction of sp³-hybridized carbons (Fsp3) is 0.364. The summed E-state index contributed by atoms with van der Waals surface area (Å²) in [5, 5.41) is 12.7. The van der Waals surface area contributed by atoms with Crippen molar-refractivity contribution in [3.8, 4) is 0 Å². The Morgan fingerprint density at radius 3 is 2.80 bits per heavy atom. The average Bonchev–Trinajstić information content (AvgIpc) is 2.86. The lowest BCUT2D eigenvalue weighted by Gasteiger charge is -2.32. The van der Waals surface area contributed by atoms with Crippen molar-refractivity contribution in [2.75, 3.05) is 6.54 Å². The predicted octanol–water partition coefficient (Wildman–Crippen LogP) is -0.200. The third-order valence-corrected chi connectivity index (χ3v) is 3.01. The van der Waals surface area contributed by atoms with Crippen LogP contribution in [0, 0.1) is 10.1 Å². The number of piperazine rings is 1. The van der Waals surface area contributed by atoms with E-state index in [0.29, 0.717) is 6.42 Å². The van der Waals surface area contributed by atoms with Crippen LogP contribution in [-0.4, -0.2) is 45.1 Å². The van der Waals surface area contributed by atoms with E-state index >= 15 is 0 Å². The molecule has 0 aromatic carbocycles. The van der Waals surface area contributed by atoms with E-state index in [1.54, 1.807) is 6.92 Å². The molecule has 0 radical (unpaired) electrons. The Balaban J connectivity index is 2.27. The van der Waals surface area contributed by atoms with Gasteiger partial charge in [0.15, 0.2) is 0 Å². The third-order valence-electron chi connectivity index (χ3n) is 3.01. The molecule has 2 rings (SSSR count). The summed E-state index contributed by atoms with van der Waals surface area (Å²) < 4.78 is 0. The van der Waals surface area contributed by atoms with Crippen LogP contribution in [0.4, 0.5) is 5.69 Å². The summed E-state index contributed by atoms with van der Waals surface area (Å²) in [5.41, 5.74) is -0.285. The van der Waals surface area contributed by atoms with Crippen LogP contribution in [0.15, 0.2) is 12.3 Å². The predicted molar refractivity (Wildman–Crippen MR) is 65.7 cm³/mol. The van der Waals surface area contributed by atoms with Crippen LogP contribution in [0.25, 0.3) is 0 Å². The van der Waals surface area contributed by atoms with Gasteiger partial charge in [0.1, 0.15) is 18.3 Å². The number of imide groups is 1. The van der Waals surface area contributed by atoms with Crippen LogP contribution in [-0.2, 0) is 9.59 Å². The van der Waals surface area contributed by atoms with Crippen molar-refractivity contribution in [2.24, 2.45) is 0 Å². The Kier molecular flexibility index (Phi) is 3.51. The largest absolute Gasteiger partial charge is 0.351 e. The molecule has 106 valence electrons.